The van der Waals surface area contributed by atoms with Crippen molar-refractivity contribution in [2.75, 3.05) is 5.75 Å². The predicted octanol–water partition coefficient (Wildman–Crippen LogP) is 7.53. The largest absolute Gasteiger partial charge is 0.352 e. The number of hydrogen-bond donors (Lipinski definition) is 1. The molecule has 0 aliphatic rings. The van der Waals surface area contributed by atoms with Crippen molar-refractivity contribution in [1.29, 1.82) is 0 Å². The van der Waals surface area contributed by atoms with Crippen LogP contribution in [0.2, 0.25) is 5.02 Å². The van der Waals surface area contributed by atoms with Gasteiger partial charge in [-0.25, -0.2) is 0 Å². The van der Waals surface area contributed by atoms with Crippen LogP contribution in [0, 0.1) is 0 Å². The molecule has 37 heavy (non-hydrogen) atoms. The van der Waals surface area contributed by atoms with Gasteiger partial charge in [-0.15, -0.1) is 11.8 Å². The number of carbonyl (C=O) groups is 2. The van der Waals surface area contributed by atoms with Crippen molar-refractivity contribution in [1.82, 2.24) is 10.2 Å². The molecule has 0 fully saturated rings. The summed E-state index contributed by atoms with van der Waals surface area (Å²) in [5, 5.41) is 3.83. The summed E-state index contributed by atoms with van der Waals surface area (Å²) < 4.78 is 0.976. The zero-order valence-corrected chi connectivity index (χ0v) is 24.5. The van der Waals surface area contributed by atoms with Gasteiger partial charge in [0.1, 0.15) is 6.04 Å². The van der Waals surface area contributed by atoms with Crippen LogP contribution in [-0.2, 0) is 22.6 Å². The average Bonchev–Trinajstić information content (AvgIpc) is 2.91. The highest BCUT2D eigenvalue weighted by Crippen LogP contribution is 2.23. The van der Waals surface area contributed by atoms with E-state index in [-0.39, 0.29) is 17.9 Å². The van der Waals surface area contributed by atoms with Crippen molar-refractivity contribution < 1.29 is 9.59 Å². The Hall–Kier alpha value is -2.28. The summed E-state index contributed by atoms with van der Waals surface area (Å²) in [6.45, 7) is 4.41. The van der Waals surface area contributed by atoms with Gasteiger partial charge in [0.05, 0.1) is 0 Å². The molecule has 0 unspecified atom stereocenters. The molecule has 0 heterocycles. The first-order chi connectivity index (χ1) is 17.9. The second-order valence-corrected chi connectivity index (χ2v) is 11.6. The molecule has 1 N–H and O–H groups in total. The lowest BCUT2D eigenvalue weighted by atomic mass is 10.0. The van der Waals surface area contributed by atoms with E-state index in [1.165, 1.54) is 0 Å². The van der Waals surface area contributed by atoms with Crippen molar-refractivity contribution in [3.05, 3.63) is 99.5 Å². The molecule has 0 aromatic heterocycles. The van der Waals surface area contributed by atoms with E-state index in [9.17, 15) is 9.59 Å². The maximum Gasteiger partial charge on any atom is 0.243 e. The molecule has 0 aliphatic carbocycles. The van der Waals surface area contributed by atoms with Gasteiger partial charge in [0.25, 0.3) is 0 Å². The summed E-state index contributed by atoms with van der Waals surface area (Å²) in [5.74, 6) is 0.682. The van der Waals surface area contributed by atoms with Gasteiger partial charge >= 0.3 is 0 Å². The lowest BCUT2D eigenvalue weighted by Gasteiger charge is -2.32. The summed E-state index contributed by atoms with van der Waals surface area (Å²) >= 11 is 11.2. The first-order valence-electron chi connectivity index (χ1n) is 12.6. The number of nitrogens with one attached hydrogen (secondary N) is 1. The Morgan fingerprint density at radius 1 is 0.973 bits per heavy atom. The van der Waals surface area contributed by atoms with Gasteiger partial charge < -0.3 is 10.2 Å². The van der Waals surface area contributed by atoms with Crippen LogP contribution < -0.4 is 5.32 Å². The smallest absolute Gasteiger partial charge is 0.243 e. The van der Waals surface area contributed by atoms with Crippen LogP contribution in [0.15, 0.2) is 88.2 Å². The van der Waals surface area contributed by atoms with Crippen molar-refractivity contribution >= 4 is 51.1 Å². The molecular weight excluding hydrogens is 568 g/mol. The fourth-order valence-electron chi connectivity index (χ4n) is 3.87. The van der Waals surface area contributed by atoms with E-state index in [4.69, 9.17) is 11.6 Å². The maximum absolute atomic E-state index is 13.7. The number of benzene rings is 3. The van der Waals surface area contributed by atoms with Crippen LogP contribution in [0.25, 0.3) is 0 Å². The fourth-order valence-corrected chi connectivity index (χ4v) is 5.11. The Morgan fingerprint density at radius 2 is 1.65 bits per heavy atom. The van der Waals surface area contributed by atoms with Crippen LogP contribution in [0.1, 0.15) is 44.2 Å². The molecule has 4 nitrogen and oxygen atoms in total. The first kappa shape index (κ1) is 29.3. The van der Waals surface area contributed by atoms with Crippen LogP contribution in [0.5, 0.6) is 0 Å². The van der Waals surface area contributed by atoms with Crippen molar-refractivity contribution in [2.24, 2.45) is 0 Å². The number of halogens is 2. The molecule has 0 saturated carbocycles. The Kier molecular flexibility index (Phi) is 12.0. The summed E-state index contributed by atoms with van der Waals surface area (Å²) in [7, 11) is 0. The minimum Gasteiger partial charge on any atom is -0.352 e. The van der Waals surface area contributed by atoms with E-state index in [2.05, 4.69) is 21.2 Å². The maximum atomic E-state index is 13.7. The minimum absolute atomic E-state index is 0.0140. The molecule has 2 atom stereocenters. The average molecular weight is 602 g/mol. The lowest BCUT2D eigenvalue weighted by Crippen LogP contribution is -2.52. The molecule has 0 radical (unpaired) electrons. The molecule has 0 aliphatic heterocycles. The number of thioether (sulfide) groups is 1. The number of carbonyl (C=O) groups excluding carboxylic acids is 2. The van der Waals surface area contributed by atoms with Crippen molar-refractivity contribution in [3.8, 4) is 0 Å². The van der Waals surface area contributed by atoms with E-state index >= 15 is 0 Å². The normalized spacial score (nSPS) is 12.5. The van der Waals surface area contributed by atoms with Gasteiger partial charge in [-0.3, -0.25) is 9.59 Å². The van der Waals surface area contributed by atoms with Crippen LogP contribution in [-0.4, -0.2) is 34.6 Å². The molecule has 3 rings (SSSR count). The Balaban J connectivity index is 1.78. The van der Waals surface area contributed by atoms with Gasteiger partial charge in [0, 0.05) is 39.8 Å². The van der Waals surface area contributed by atoms with E-state index in [1.807, 2.05) is 92.7 Å². The minimum atomic E-state index is -0.600. The van der Waals surface area contributed by atoms with Crippen LogP contribution in [0.4, 0.5) is 0 Å². The highest BCUT2D eigenvalue weighted by molar-refractivity contribution is 9.10. The zero-order valence-electron chi connectivity index (χ0n) is 21.3. The summed E-state index contributed by atoms with van der Waals surface area (Å²) in [4.78, 5) is 30.1. The molecule has 3 aromatic carbocycles. The lowest BCUT2D eigenvalue weighted by molar-refractivity contribution is -0.141. The van der Waals surface area contributed by atoms with Gasteiger partial charge in [0.15, 0.2) is 0 Å². The summed E-state index contributed by atoms with van der Waals surface area (Å²) in [6.07, 6.45) is 2.38. The van der Waals surface area contributed by atoms with E-state index in [0.29, 0.717) is 30.8 Å². The van der Waals surface area contributed by atoms with Gasteiger partial charge in [-0.05, 0) is 73.0 Å². The third kappa shape index (κ3) is 9.84. The van der Waals surface area contributed by atoms with Gasteiger partial charge in [-0.2, -0.15) is 0 Å². The fraction of sp³-hybridized carbons (Fsp3) is 0.333. The molecular formula is C30H34BrClN2O2S. The molecule has 7 heteroatoms. The molecule has 2 amide bonds. The predicted molar refractivity (Wildman–Crippen MR) is 158 cm³/mol. The number of amides is 2. The molecule has 196 valence electrons. The number of rotatable bonds is 13. The quantitative estimate of drug-likeness (QED) is 0.163. The Bertz CT molecular complexity index is 1130. The third-order valence-electron chi connectivity index (χ3n) is 6.16. The molecule has 0 saturated heterocycles. The Morgan fingerprint density at radius 3 is 2.30 bits per heavy atom. The highest BCUT2D eigenvalue weighted by Gasteiger charge is 2.30. The van der Waals surface area contributed by atoms with Crippen LogP contribution in [0.3, 0.4) is 0 Å². The number of nitrogens with zero attached hydrogens (tertiary/aromatic N) is 1. The standard InChI is InChI=1S/C30H34BrClN2O2S/c1-3-22(2)33-30(36)28(20-23-8-5-4-6-9-23)34(21-24-11-13-25(31)14-12-24)29(35)10-7-19-37-27-17-15-26(32)16-18-27/h4-6,8-9,11-18,22,28H,3,7,10,19-21H2,1-2H3,(H,33,36)/t22-,28+/m1/s1. The van der Waals surface area contributed by atoms with Gasteiger partial charge in [0.2, 0.25) is 11.8 Å². The summed E-state index contributed by atoms with van der Waals surface area (Å²) in [6, 6.07) is 25.0. The Labute approximate surface area is 238 Å². The zero-order chi connectivity index (χ0) is 26.6. The van der Waals surface area contributed by atoms with Crippen molar-refractivity contribution in [2.45, 2.75) is 63.1 Å². The summed E-state index contributed by atoms with van der Waals surface area (Å²) in [5.41, 5.74) is 2.01. The number of hydrogen-bond acceptors (Lipinski definition) is 3. The highest BCUT2D eigenvalue weighted by atomic mass is 79.9. The van der Waals surface area contributed by atoms with E-state index in [1.54, 1.807) is 16.7 Å². The topological polar surface area (TPSA) is 49.4 Å². The van der Waals surface area contributed by atoms with E-state index < -0.39 is 6.04 Å². The SMILES string of the molecule is CC[C@@H](C)NC(=O)[C@H](Cc1ccccc1)N(Cc1ccc(Br)cc1)C(=O)CCCSc1ccc(Cl)cc1. The van der Waals surface area contributed by atoms with E-state index in [0.717, 1.165) is 32.7 Å². The molecule has 0 spiro atoms. The van der Waals surface area contributed by atoms with Gasteiger partial charge in [-0.1, -0.05) is 76.9 Å². The molecule has 0 bridgehead atoms. The third-order valence-corrected chi connectivity index (χ3v) is 8.03. The van der Waals surface area contributed by atoms with Crippen LogP contribution >= 0.6 is 39.3 Å². The first-order valence-corrected chi connectivity index (χ1v) is 14.8. The molecule has 3 aromatic rings. The monoisotopic (exact) mass is 600 g/mol. The second-order valence-electron chi connectivity index (χ2n) is 9.08. The van der Waals surface area contributed by atoms with Crippen molar-refractivity contribution in [3.63, 3.8) is 0 Å². The second kappa shape index (κ2) is 15.2.